The maximum Gasteiger partial charge on any atom is 0.389 e. The number of aromatic hydroxyl groups is 1. The van der Waals surface area contributed by atoms with Gasteiger partial charge in [0.15, 0.2) is 0 Å². The second kappa shape index (κ2) is 19.3. The molecular weight excluding hydrogens is 583 g/mol. The smallest absolute Gasteiger partial charge is 0.389 e. The molecule has 0 bridgehead atoms. The molecule has 1 unspecified atom stereocenters. The highest BCUT2D eigenvalue weighted by atomic mass is 32.2. The van der Waals surface area contributed by atoms with E-state index in [1.54, 1.807) is 12.1 Å². The van der Waals surface area contributed by atoms with Crippen LogP contribution < -0.4 is 10.1 Å². The number of rotatable bonds is 20. The number of halogens is 3. The van der Waals surface area contributed by atoms with E-state index in [2.05, 4.69) is 48.6 Å². The average molecular weight is 630 g/mol. The van der Waals surface area contributed by atoms with Crippen molar-refractivity contribution in [2.45, 2.75) is 70.9 Å². The van der Waals surface area contributed by atoms with Crippen LogP contribution in [-0.4, -0.2) is 46.7 Å². The molecular formula is C36H46F3NO3S. The Morgan fingerprint density at radius 3 is 1.98 bits per heavy atom. The predicted octanol–water partition coefficient (Wildman–Crippen LogP) is 9.16. The molecule has 0 saturated carbocycles. The highest BCUT2D eigenvalue weighted by Crippen LogP contribution is 2.35. The summed E-state index contributed by atoms with van der Waals surface area (Å²) >= 11 is 0. The molecule has 0 aliphatic rings. The Hall–Kier alpha value is -3.10. The van der Waals surface area contributed by atoms with E-state index >= 15 is 0 Å². The van der Waals surface area contributed by atoms with Crippen LogP contribution in [0.1, 0.15) is 81.4 Å². The molecule has 0 saturated heterocycles. The van der Waals surface area contributed by atoms with Gasteiger partial charge in [-0.15, -0.1) is 0 Å². The highest BCUT2D eigenvalue weighted by Gasteiger charge is 2.25. The third-order valence-corrected chi connectivity index (χ3v) is 8.92. The molecule has 0 heterocycles. The Labute approximate surface area is 263 Å². The zero-order valence-corrected chi connectivity index (χ0v) is 26.5. The number of hydrogen-bond donors (Lipinski definition) is 2. The van der Waals surface area contributed by atoms with Crippen LogP contribution in [0.3, 0.4) is 0 Å². The van der Waals surface area contributed by atoms with Gasteiger partial charge >= 0.3 is 6.18 Å². The monoisotopic (exact) mass is 629 g/mol. The Kier molecular flexibility index (Phi) is 15.5. The average Bonchev–Trinajstić information content (AvgIpc) is 3.02. The van der Waals surface area contributed by atoms with Gasteiger partial charge in [-0.3, -0.25) is 4.21 Å². The van der Waals surface area contributed by atoms with Crippen molar-refractivity contribution in [1.82, 2.24) is 5.32 Å². The van der Waals surface area contributed by atoms with Crippen molar-refractivity contribution in [3.63, 3.8) is 0 Å². The number of unbranched alkanes of at least 4 members (excludes halogenated alkanes) is 5. The van der Waals surface area contributed by atoms with E-state index in [4.69, 9.17) is 4.74 Å². The molecule has 0 aliphatic carbocycles. The standard InChI is InChI=1S/C36H46F3NO3S/c1-2-34(29-13-7-6-8-14-29)35(30-15-19-32(41)20-16-30)31-17-21-33(22-18-31)43-26-25-40-24-10-4-3-5-11-27-44(42)28-12-9-23-36(37,38)39/h6-8,13-22,40-41H,2-5,9-12,23-28H2,1H3/b35-34-. The fourth-order valence-electron chi connectivity index (χ4n) is 5.13. The van der Waals surface area contributed by atoms with Crippen LogP contribution in [0.25, 0.3) is 11.1 Å². The predicted molar refractivity (Wildman–Crippen MR) is 176 cm³/mol. The van der Waals surface area contributed by atoms with Crippen molar-refractivity contribution in [3.8, 4) is 11.5 Å². The van der Waals surface area contributed by atoms with Crippen molar-refractivity contribution >= 4 is 21.9 Å². The SMILES string of the molecule is CC/C(=C(\c1ccc(O)cc1)c1ccc(OCCNCCCCCCCS(=O)CCCCC(F)(F)F)cc1)c1ccccc1. The van der Waals surface area contributed by atoms with Gasteiger partial charge in [-0.05, 0) is 90.8 Å². The molecule has 0 aromatic heterocycles. The number of phenolic OH excluding ortho intramolecular Hbond substituents is 1. The maximum atomic E-state index is 12.2. The summed E-state index contributed by atoms with van der Waals surface area (Å²) in [5, 5.41) is 13.3. The zero-order chi connectivity index (χ0) is 31.6. The first-order chi connectivity index (χ1) is 21.3. The molecule has 1 atom stereocenters. The van der Waals surface area contributed by atoms with E-state index in [1.165, 1.54) is 11.1 Å². The van der Waals surface area contributed by atoms with Crippen LogP contribution in [0.5, 0.6) is 11.5 Å². The second-order valence-electron chi connectivity index (χ2n) is 10.9. The summed E-state index contributed by atoms with van der Waals surface area (Å²) in [5.74, 6) is 2.02. The van der Waals surface area contributed by atoms with E-state index < -0.39 is 23.4 Å². The molecule has 2 N–H and O–H groups in total. The lowest BCUT2D eigenvalue weighted by Gasteiger charge is -2.17. The summed E-state index contributed by atoms with van der Waals surface area (Å²) in [6.45, 7) is 4.39. The Morgan fingerprint density at radius 1 is 0.750 bits per heavy atom. The number of benzene rings is 3. The Balaban J connectivity index is 1.35. The molecule has 3 rings (SSSR count). The number of nitrogens with one attached hydrogen (secondary N) is 1. The van der Waals surface area contributed by atoms with Crippen molar-refractivity contribution in [1.29, 1.82) is 0 Å². The number of hydrogen-bond acceptors (Lipinski definition) is 4. The number of phenols is 1. The summed E-state index contributed by atoms with van der Waals surface area (Å²) in [4.78, 5) is 0. The fraction of sp³-hybridized carbons (Fsp3) is 0.444. The van der Waals surface area contributed by atoms with Gasteiger partial charge in [0, 0.05) is 35.3 Å². The van der Waals surface area contributed by atoms with E-state index in [9.17, 15) is 22.5 Å². The molecule has 3 aromatic rings. The van der Waals surface area contributed by atoms with Crippen LogP contribution in [0, 0.1) is 0 Å². The van der Waals surface area contributed by atoms with Gasteiger partial charge in [-0.25, -0.2) is 0 Å². The van der Waals surface area contributed by atoms with Gasteiger partial charge in [-0.1, -0.05) is 80.8 Å². The molecule has 8 heteroatoms. The normalized spacial score (nSPS) is 13.0. The van der Waals surface area contributed by atoms with Gasteiger partial charge in [-0.2, -0.15) is 13.2 Å². The Morgan fingerprint density at radius 2 is 1.34 bits per heavy atom. The van der Waals surface area contributed by atoms with Gasteiger partial charge < -0.3 is 15.2 Å². The van der Waals surface area contributed by atoms with Gasteiger partial charge in [0.25, 0.3) is 0 Å². The molecule has 0 aliphatic heterocycles. The minimum Gasteiger partial charge on any atom is -0.508 e. The minimum atomic E-state index is -4.11. The van der Waals surface area contributed by atoms with E-state index in [1.807, 2.05) is 30.3 Å². The number of alkyl halides is 3. The van der Waals surface area contributed by atoms with Crippen LogP contribution in [0.2, 0.25) is 0 Å². The van der Waals surface area contributed by atoms with Crippen LogP contribution in [-0.2, 0) is 10.8 Å². The molecule has 3 aromatic carbocycles. The van der Waals surface area contributed by atoms with Crippen molar-refractivity contribution < 1.29 is 27.2 Å². The van der Waals surface area contributed by atoms with Crippen LogP contribution in [0.4, 0.5) is 13.2 Å². The zero-order valence-electron chi connectivity index (χ0n) is 25.7. The van der Waals surface area contributed by atoms with Crippen LogP contribution >= 0.6 is 0 Å². The fourth-order valence-corrected chi connectivity index (χ4v) is 6.38. The molecule has 4 nitrogen and oxygen atoms in total. The largest absolute Gasteiger partial charge is 0.508 e. The van der Waals surface area contributed by atoms with Gasteiger partial charge in [0.05, 0.1) is 0 Å². The number of allylic oxidation sites excluding steroid dienone is 1. The molecule has 0 fully saturated rings. The highest BCUT2D eigenvalue weighted by molar-refractivity contribution is 7.84. The van der Waals surface area contributed by atoms with E-state index in [-0.39, 0.29) is 12.2 Å². The molecule has 240 valence electrons. The molecule has 0 spiro atoms. The third kappa shape index (κ3) is 13.3. The second-order valence-corrected chi connectivity index (χ2v) is 12.6. The Bertz CT molecular complexity index is 1280. The van der Waals surface area contributed by atoms with Crippen molar-refractivity contribution in [2.24, 2.45) is 0 Å². The first-order valence-corrected chi connectivity index (χ1v) is 17.2. The van der Waals surface area contributed by atoms with Crippen LogP contribution in [0.15, 0.2) is 78.9 Å². The lowest BCUT2D eigenvalue weighted by Crippen LogP contribution is -2.22. The molecule has 0 radical (unpaired) electrons. The lowest BCUT2D eigenvalue weighted by molar-refractivity contribution is -0.135. The topological polar surface area (TPSA) is 58.6 Å². The van der Waals surface area contributed by atoms with Gasteiger partial charge in [0.1, 0.15) is 18.1 Å². The minimum absolute atomic E-state index is 0.0646. The lowest BCUT2D eigenvalue weighted by atomic mass is 9.88. The van der Waals surface area contributed by atoms with Crippen molar-refractivity contribution in [3.05, 3.63) is 95.6 Å². The van der Waals surface area contributed by atoms with Crippen molar-refractivity contribution in [2.75, 3.05) is 31.2 Å². The third-order valence-electron chi connectivity index (χ3n) is 7.43. The molecule has 44 heavy (non-hydrogen) atoms. The van der Waals surface area contributed by atoms with E-state index in [0.29, 0.717) is 24.5 Å². The number of ether oxygens (including phenoxy) is 1. The summed E-state index contributed by atoms with van der Waals surface area (Å²) < 4.78 is 54.3. The maximum absolute atomic E-state index is 12.2. The summed E-state index contributed by atoms with van der Waals surface area (Å²) in [6, 6.07) is 25.9. The van der Waals surface area contributed by atoms with Gasteiger partial charge in [0.2, 0.25) is 0 Å². The quantitative estimate of drug-likeness (QED) is 0.0967. The first kappa shape index (κ1) is 35.4. The summed E-state index contributed by atoms with van der Waals surface area (Å²) in [5.41, 5.74) is 5.70. The van der Waals surface area contributed by atoms with E-state index in [0.717, 1.165) is 74.1 Å². The summed E-state index contributed by atoms with van der Waals surface area (Å²) in [7, 11) is -1.01. The summed E-state index contributed by atoms with van der Waals surface area (Å²) in [6.07, 6.45) is 1.49. The first-order valence-electron chi connectivity index (χ1n) is 15.7. The molecule has 0 amide bonds.